The second kappa shape index (κ2) is 7.22. The van der Waals surface area contributed by atoms with Crippen molar-refractivity contribution in [3.8, 4) is 0 Å². The van der Waals surface area contributed by atoms with Gasteiger partial charge in [-0.1, -0.05) is 0 Å². The van der Waals surface area contributed by atoms with Crippen LogP contribution in [0.2, 0.25) is 0 Å². The van der Waals surface area contributed by atoms with E-state index in [1.54, 1.807) is 11.3 Å². The molecule has 1 fully saturated rings. The molecule has 3 nitrogen and oxygen atoms in total. The molecule has 1 unspecified atom stereocenters. The SMILES string of the molecule is CN(Cc1nccs1)CC1CCCNC1.Cl. The summed E-state index contributed by atoms with van der Waals surface area (Å²) < 4.78 is 0. The molecule has 1 N–H and O–H groups in total. The molecule has 1 saturated heterocycles. The van der Waals surface area contributed by atoms with E-state index in [2.05, 4.69) is 22.2 Å². The molecule has 0 aliphatic carbocycles. The Bertz CT molecular complexity index is 273. The third-order valence-corrected chi connectivity index (χ3v) is 3.62. The number of nitrogens with zero attached hydrogens (tertiary/aromatic N) is 2. The minimum absolute atomic E-state index is 0. The minimum Gasteiger partial charge on any atom is -0.316 e. The highest BCUT2D eigenvalue weighted by Gasteiger charge is 2.15. The normalized spacial score (nSPS) is 20.8. The Labute approximate surface area is 108 Å². The fraction of sp³-hybridized carbons (Fsp3) is 0.727. The summed E-state index contributed by atoms with van der Waals surface area (Å²) in [5.41, 5.74) is 0. The second-order valence-corrected chi connectivity index (χ2v) is 5.31. The van der Waals surface area contributed by atoms with Gasteiger partial charge in [0.2, 0.25) is 0 Å². The first-order valence-corrected chi connectivity index (χ1v) is 6.50. The fourth-order valence-corrected chi connectivity index (χ4v) is 2.84. The van der Waals surface area contributed by atoms with Crippen molar-refractivity contribution in [1.82, 2.24) is 15.2 Å². The van der Waals surface area contributed by atoms with Crippen molar-refractivity contribution in [2.24, 2.45) is 5.92 Å². The van der Waals surface area contributed by atoms with Crippen molar-refractivity contribution in [3.63, 3.8) is 0 Å². The Hall–Kier alpha value is -0.160. The predicted molar refractivity (Wildman–Crippen MR) is 71.3 cm³/mol. The molecule has 0 bridgehead atoms. The number of rotatable bonds is 4. The van der Waals surface area contributed by atoms with E-state index in [1.165, 1.54) is 37.5 Å². The number of aromatic nitrogens is 1. The van der Waals surface area contributed by atoms with Crippen LogP contribution in [0.25, 0.3) is 0 Å². The number of nitrogens with one attached hydrogen (secondary N) is 1. The van der Waals surface area contributed by atoms with Crippen molar-refractivity contribution in [2.45, 2.75) is 19.4 Å². The summed E-state index contributed by atoms with van der Waals surface area (Å²) in [7, 11) is 2.19. The van der Waals surface area contributed by atoms with Crippen LogP contribution in [0.15, 0.2) is 11.6 Å². The van der Waals surface area contributed by atoms with Gasteiger partial charge in [0.15, 0.2) is 0 Å². The third kappa shape index (κ3) is 4.37. The summed E-state index contributed by atoms with van der Waals surface area (Å²) >= 11 is 1.74. The number of hydrogen-bond donors (Lipinski definition) is 1. The highest BCUT2D eigenvalue weighted by Crippen LogP contribution is 2.13. The van der Waals surface area contributed by atoms with Gasteiger partial charge in [0, 0.05) is 18.1 Å². The molecule has 0 amide bonds. The van der Waals surface area contributed by atoms with Crippen LogP contribution in [0.4, 0.5) is 0 Å². The summed E-state index contributed by atoms with van der Waals surface area (Å²) in [6.07, 6.45) is 4.58. The van der Waals surface area contributed by atoms with Gasteiger partial charge in [0.1, 0.15) is 5.01 Å². The highest BCUT2D eigenvalue weighted by atomic mass is 35.5. The van der Waals surface area contributed by atoms with E-state index in [0.29, 0.717) is 0 Å². The van der Waals surface area contributed by atoms with E-state index >= 15 is 0 Å². The maximum atomic E-state index is 4.31. The predicted octanol–water partition coefficient (Wildman–Crippen LogP) is 2.00. The van der Waals surface area contributed by atoms with Crippen LogP contribution in [0.1, 0.15) is 17.8 Å². The van der Waals surface area contributed by atoms with Crippen LogP contribution in [0.5, 0.6) is 0 Å². The van der Waals surface area contributed by atoms with Crippen molar-refractivity contribution in [3.05, 3.63) is 16.6 Å². The zero-order valence-electron chi connectivity index (χ0n) is 9.69. The molecule has 5 heteroatoms. The first-order chi connectivity index (χ1) is 7.34. The summed E-state index contributed by atoms with van der Waals surface area (Å²) in [6.45, 7) is 4.57. The quantitative estimate of drug-likeness (QED) is 0.899. The van der Waals surface area contributed by atoms with Crippen LogP contribution < -0.4 is 5.32 Å². The maximum Gasteiger partial charge on any atom is 0.107 e. The molecule has 2 rings (SSSR count). The third-order valence-electron chi connectivity index (χ3n) is 2.86. The molecule has 16 heavy (non-hydrogen) atoms. The first-order valence-electron chi connectivity index (χ1n) is 5.62. The second-order valence-electron chi connectivity index (χ2n) is 4.33. The van der Waals surface area contributed by atoms with Crippen molar-refractivity contribution in [2.75, 3.05) is 26.7 Å². The van der Waals surface area contributed by atoms with Gasteiger partial charge in [-0.25, -0.2) is 4.98 Å². The van der Waals surface area contributed by atoms with Gasteiger partial charge >= 0.3 is 0 Å². The zero-order valence-corrected chi connectivity index (χ0v) is 11.3. The van der Waals surface area contributed by atoms with Crippen molar-refractivity contribution < 1.29 is 0 Å². The fourth-order valence-electron chi connectivity index (χ4n) is 2.15. The molecule has 1 aliphatic heterocycles. The number of hydrogen-bond acceptors (Lipinski definition) is 4. The van der Waals surface area contributed by atoms with Gasteiger partial charge in [0.25, 0.3) is 0 Å². The van der Waals surface area contributed by atoms with Gasteiger partial charge in [0.05, 0.1) is 6.54 Å². The molecule has 0 radical (unpaired) electrons. The first kappa shape index (κ1) is 13.9. The number of halogens is 1. The van der Waals surface area contributed by atoms with Gasteiger partial charge in [-0.3, -0.25) is 4.90 Å². The Balaban J connectivity index is 0.00000128. The lowest BCUT2D eigenvalue weighted by Gasteiger charge is -2.27. The standard InChI is InChI=1S/C11H19N3S.ClH/c1-14(9-11-13-5-6-15-11)8-10-3-2-4-12-7-10;/h5-6,10,12H,2-4,7-9H2,1H3;1H. The Morgan fingerprint density at radius 2 is 2.50 bits per heavy atom. The van der Waals surface area contributed by atoms with E-state index in [0.717, 1.165) is 12.5 Å². The molecule has 0 aromatic carbocycles. The Morgan fingerprint density at radius 3 is 3.12 bits per heavy atom. The van der Waals surface area contributed by atoms with Gasteiger partial charge in [-0.2, -0.15) is 0 Å². The molecule has 1 aliphatic rings. The summed E-state index contributed by atoms with van der Waals surface area (Å²) in [6, 6.07) is 0. The van der Waals surface area contributed by atoms with E-state index in [9.17, 15) is 0 Å². The van der Waals surface area contributed by atoms with Crippen LogP contribution in [-0.2, 0) is 6.54 Å². The zero-order chi connectivity index (χ0) is 10.5. The largest absolute Gasteiger partial charge is 0.316 e. The molecular weight excluding hydrogens is 242 g/mol. The van der Waals surface area contributed by atoms with E-state index in [4.69, 9.17) is 0 Å². The van der Waals surface area contributed by atoms with Crippen molar-refractivity contribution >= 4 is 23.7 Å². The summed E-state index contributed by atoms with van der Waals surface area (Å²) in [4.78, 5) is 6.70. The number of thiazole rings is 1. The minimum atomic E-state index is 0. The van der Waals surface area contributed by atoms with Crippen LogP contribution in [-0.4, -0.2) is 36.6 Å². The molecule has 1 aromatic rings. The lowest BCUT2D eigenvalue weighted by Crippen LogP contribution is -2.36. The van der Waals surface area contributed by atoms with Gasteiger partial charge in [-0.05, 0) is 38.9 Å². The van der Waals surface area contributed by atoms with Crippen LogP contribution >= 0.6 is 23.7 Å². The average Bonchev–Trinajstić information content (AvgIpc) is 2.71. The summed E-state index contributed by atoms with van der Waals surface area (Å²) in [5, 5.41) is 6.73. The van der Waals surface area contributed by atoms with E-state index < -0.39 is 0 Å². The maximum absolute atomic E-state index is 4.31. The van der Waals surface area contributed by atoms with Crippen molar-refractivity contribution in [1.29, 1.82) is 0 Å². The molecule has 0 spiro atoms. The Morgan fingerprint density at radius 1 is 1.62 bits per heavy atom. The number of piperidine rings is 1. The molecule has 1 aromatic heterocycles. The molecule has 92 valence electrons. The Kier molecular flexibility index (Phi) is 6.28. The van der Waals surface area contributed by atoms with Gasteiger partial charge < -0.3 is 5.32 Å². The average molecular weight is 262 g/mol. The monoisotopic (exact) mass is 261 g/mol. The van der Waals surface area contributed by atoms with Crippen LogP contribution in [0, 0.1) is 5.92 Å². The molecule has 1 atom stereocenters. The lowest BCUT2D eigenvalue weighted by molar-refractivity contribution is 0.237. The molecular formula is C11H20ClN3S. The topological polar surface area (TPSA) is 28.2 Å². The molecule has 2 heterocycles. The highest BCUT2D eigenvalue weighted by molar-refractivity contribution is 7.09. The summed E-state index contributed by atoms with van der Waals surface area (Å²) in [5.74, 6) is 0.823. The molecule has 0 saturated carbocycles. The van der Waals surface area contributed by atoms with E-state index in [1.807, 2.05) is 11.6 Å². The smallest absolute Gasteiger partial charge is 0.107 e. The van der Waals surface area contributed by atoms with Crippen LogP contribution in [0.3, 0.4) is 0 Å². The lowest BCUT2D eigenvalue weighted by atomic mass is 9.99. The van der Waals surface area contributed by atoms with E-state index in [-0.39, 0.29) is 12.4 Å². The van der Waals surface area contributed by atoms with Gasteiger partial charge in [-0.15, -0.1) is 23.7 Å².